The predicted molar refractivity (Wildman–Crippen MR) is 101 cm³/mol. The summed E-state index contributed by atoms with van der Waals surface area (Å²) in [4.78, 5) is 22.9. The van der Waals surface area contributed by atoms with E-state index in [1.807, 2.05) is 4.90 Å². The minimum atomic E-state index is -4.41. The quantitative estimate of drug-likeness (QED) is 0.745. The zero-order valence-corrected chi connectivity index (χ0v) is 16.4. The van der Waals surface area contributed by atoms with Crippen LogP contribution in [-0.4, -0.2) is 39.9 Å². The number of anilines is 1. The minimum absolute atomic E-state index is 0.0620. The van der Waals surface area contributed by atoms with E-state index in [2.05, 4.69) is 31.2 Å². The highest BCUT2D eigenvalue weighted by Gasteiger charge is 2.53. The van der Waals surface area contributed by atoms with E-state index in [1.54, 1.807) is 18.3 Å². The molecule has 2 aromatic heterocycles. The Morgan fingerprint density at radius 1 is 1.29 bits per heavy atom. The third-order valence-corrected chi connectivity index (χ3v) is 6.04. The van der Waals surface area contributed by atoms with Crippen molar-refractivity contribution in [3.8, 4) is 0 Å². The lowest BCUT2D eigenvalue weighted by Gasteiger charge is -2.25. The van der Waals surface area contributed by atoms with Crippen molar-refractivity contribution in [3.05, 3.63) is 52.4 Å². The topological polar surface area (TPSA) is 58.1 Å². The summed E-state index contributed by atoms with van der Waals surface area (Å²) in [7, 11) is 0. The number of hydrogen-bond acceptors (Lipinski definition) is 4. The van der Waals surface area contributed by atoms with Gasteiger partial charge in [-0.25, -0.2) is 9.97 Å². The van der Waals surface area contributed by atoms with Crippen LogP contribution >= 0.6 is 15.9 Å². The number of halogens is 4. The van der Waals surface area contributed by atoms with Gasteiger partial charge in [-0.15, -0.1) is 0 Å². The maximum absolute atomic E-state index is 13.0. The van der Waals surface area contributed by atoms with Gasteiger partial charge < -0.3 is 10.2 Å². The first-order valence-corrected chi connectivity index (χ1v) is 9.75. The molecule has 1 amide bonds. The van der Waals surface area contributed by atoms with E-state index in [1.165, 1.54) is 6.07 Å². The van der Waals surface area contributed by atoms with Gasteiger partial charge >= 0.3 is 6.18 Å². The van der Waals surface area contributed by atoms with Crippen LogP contribution in [0.2, 0.25) is 0 Å². The van der Waals surface area contributed by atoms with Crippen molar-refractivity contribution in [1.82, 2.24) is 14.9 Å². The van der Waals surface area contributed by atoms with E-state index in [4.69, 9.17) is 0 Å². The third-order valence-electron chi connectivity index (χ3n) is 5.40. The molecule has 0 bridgehead atoms. The molecule has 2 aromatic rings. The molecule has 2 fully saturated rings. The molecule has 1 N–H and O–H groups in total. The Morgan fingerprint density at radius 2 is 2.07 bits per heavy atom. The number of nitrogens with zero attached hydrogens (tertiary/aromatic N) is 3. The second-order valence-electron chi connectivity index (χ2n) is 7.44. The Balaban J connectivity index is 1.46. The molecular weight excluding hydrogens is 437 g/mol. The molecule has 5 nitrogen and oxygen atoms in total. The summed E-state index contributed by atoms with van der Waals surface area (Å²) >= 11 is 3.38. The number of nitrogens with one attached hydrogen (secondary N) is 1. The van der Waals surface area contributed by atoms with Crippen LogP contribution in [0.3, 0.4) is 0 Å². The molecule has 0 aromatic carbocycles. The van der Waals surface area contributed by atoms with Gasteiger partial charge in [0.15, 0.2) is 0 Å². The second kappa shape index (κ2) is 7.02. The summed E-state index contributed by atoms with van der Waals surface area (Å²) < 4.78 is 38.6. The van der Waals surface area contributed by atoms with Crippen molar-refractivity contribution in [1.29, 1.82) is 0 Å². The van der Waals surface area contributed by atoms with Crippen molar-refractivity contribution in [2.45, 2.75) is 31.5 Å². The Morgan fingerprint density at radius 3 is 2.68 bits per heavy atom. The number of aromatic nitrogens is 2. The van der Waals surface area contributed by atoms with E-state index in [0.717, 1.165) is 31.5 Å². The molecule has 1 spiro atoms. The van der Waals surface area contributed by atoms with Crippen molar-refractivity contribution < 1.29 is 18.0 Å². The lowest BCUT2D eigenvalue weighted by molar-refractivity contribution is -0.137. The largest absolute Gasteiger partial charge is 0.417 e. The molecule has 3 heterocycles. The first kappa shape index (κ1) is 19.2. The highest BCUT2D eigenvalue weighted by molar-refractivity contribution is 9.10. The maximum Gasteiger partial charge on any atom is 0.417 e. The summed E-state index contributed by atoms with van der Waals surface area (Å²) in [5, 5.41) is 3.08. The van der Waals surface area contributed by atoms with Crippen LogP contribution in [0.1, 0.15) is 35.3 Å². The van der Waals surface area contributed by atoms with Gasteiger partial charge in [0, 0.05) is 36.0 Å². The molecule has 4 rings (SSSR count). The Bertz CT molecular complexity index is 883. The molecular formula is C19H18BrF3N4O. The van der Waals surface area contributed by atoms with Crippen LogP contribution in [-0.2, 0) is 6.18 Å². The van der Waals surface area contributed by atoms with Crippen LogP contribution in [0, 0.1) is 5.41 Å². The number of hydrogen-bond donors (Lipinski definition) is 1. The molecule has 0 radical (unpaired) electrons. The standard InChI is InChI=1S/C19H18BrF3N4O/c20-14-2-1-7-24-16(14)17(28)27-11-18(5-6-18)8-13(27)10-26-15-4-3-12(9-25-15)19(21,22)23/h1-4,7,9,13H,5-6,8,10-11H2,(H,25,26). The second-order valence-corrected chi connectivity index (χ2v) is 8.29. The zero-order valence-electron chi connectivity index (χ0n) is 14.8. The molecule has 2 aliphatic rings. The summed E-state index contributed by atoms with van der Waals surface area (Å²) in [6.07, 6.45) is 1.05. The lowest BCUT2D eigenvalue weighted by Crippen LogP contribution is -2.40. The first-order valence-electron chi connectivity index (χ1n) is 8.96. The normalized spacial score (nSPS) is 20.4. The number of pyridine rings is 2. The number of carbonyl (C=O) groups is 1. The summed E-state index contributed by atoms with van der Waals surface area (Å²) in [6, 6.07) is 5.78. The average Bonchev–Trinajstić information content (AvgIpc) is 3.31. The monoisotopic (exact) mass is 454 g/mol. The highest BCUT2D eigenvalue weighted by Crippen LogP contribution is 2.55. The van der Waals surface area contributed by atoms with Crippen molar-refractivity contribution in [2.75, 3.05) is 18.4 Å². The Hall–Kier alpha value is -2.16. The maximum atomic E-state index is 13.0. The number of alkyl halides is 3. The minimum Gasteiger partial charge on any atom is -0.368 e. The fourth-order valence-electron chi connectivity index (χ4n) is 3.69. The van der Waals surface area contributed by atoms with Gasteiger partial charge in [0.1, 0.15) is 11.5 Å². The Labute approximate surface area is 168 Å². The molecule has 1 saturated carbocycles. The highest BCUT2D eigenvalue weighted by atomic mass is 79.9. The predicted octanol–water partition coefficient (Wildman–Crippen LogP) is 4.36. The van der Waals surface area contributed by atoms with Gasteiger partial charge in [-0.05, 0) is 64.9 Å². The van der Waals surface area contributed by atoms with Gasteiger partial charge in [0.25, 0.3) is 5.91 Å². The van der Waals surface area contributed by atoms with E-state index >= 15 is 0 Å². The molecule has 28 heavy (non-hydrogen) atoms. The van der Waals surface area contributed by atoms with Crippen molar-refractivity contribution in [3.63, 3.8) is 0 Å². The molecule has 9 heteroatoms. The number of amides is 1. The first-order chi connectivity index (χ1) is 13.3. The van der Waals surface area contributed by atoms with Crippen molar-refractivity contribution in [2.24, 2.45) is 5.41 Å². The fourth-order valence-corrected chi connectivity index (χ4v) is 4.12. The van der Waals surface area contributed by atoms with Gasteiger partial charge in [-0.2, -0.15) is 13.2 Å². The molecule has 1 aliphatic heterocycles. The summed E-state index contributed by atoms with van der Waals surface area (Å²) in [6.45, 7) is 1.11. The van der Waals surface area contributed by atoms with E-state index in [9.17, 15) is 18.0 Å². The number of likely N-dealkylation sites (tertiary alicyclic amines) is 1. The van der Waals surface area contributed by atoms with Crippen LogP contribution in [0.5, 0.6) is 0 Å². The van der Waals surface area contributed by atoms with Crippen molar-refractivity contribution >= 4 is 27.7 Å². The number of carbonyl (C=O) groups excluding carboxylic acids is 1. The van der Waals surface area contributed by atoms with Gasteiger partial charge in [0.2, 0.25) is 0 Å². The fraction of sp³-hybridized carbons (Fsp3) is 0.421. The third kappa shape index (κ3) is 3.85. The van der Waals surface area contributed by atoms with E-state index in [0.29, 0.717) is 29.1 Å². The van der Waals surface area contributed by atoms with E-state index in [-0.39, 0.29) is 17.4 Å². The molecule has 1 atom stereocenters. The summed E-state index contributed by atoms with van der Waals surface area (Å²) in [5.74, 6) is 0.222. The molecule has 148 valence electrons. The summed E-state index contributed by atoms with van der Waals surface area (Å²) in [5.41, 5.74) is -0.234. The average molecular weight is 455 g/mol. The van der Waals surface area contributed by atoms with Gasteiger partial charge in [-0.3, -0.25) is 4.79 Å². The Kier molecular flexibility index (Phi) is 4.81. The molecule has 1 saturated heterocycles. The van der Waals surface area contributed by atoms with Gasteiger partial charge in [0.05, 0.1) is 5.56 Å². The lowest BCUT2D eigenvalue weighted by atomic mass is 10.0. The molecule has 1 unspecified atom stereocenters. The van der Waals surface area contributed by atoms with Crippen LogP contribution in [0.15, 0.2) is 41.1 Å². The van der Waals surface area contributed by atoms with E-state index < -0.39 is 11.7 Å². The number of rotatable bonds is 4. The smallest absolute Gasteiger partial charge is 0.368 e. The zero-order chi connectivity index (χ0) is 19.9. The SMILES string of the molecule is O=C(c1ncccc1Br)N1CC2(CC2)CC1CNc1ccc(C(F)(F)F)cn1. The van der Waals surface area contributed by atoms with Crippen LogP contribution in [0.4, 0.5) is 19.0 Å². The van der Waals surface area contributed by atoms with Gasteiger partial charge in [-0.1, -0.05) is 0 Å². The van der Waals surface area contributed by atoms with Crippen LogP contribution < -0.4 is 5.32 Å². The molecule has 1 aliphatic carbocycles. The van der Waals surface area contributed by atoms with Crippen LogP contribution in [0.25, 0.3) is 0 Å².